The summed E-state index contributed by atoms with van der Waals surface area (Å²) in [6, 6.07) is 10.7. The van der Waals surface area contributed by atoms with Gasteiger partial charge in [-0.15, -0.1) is 10.2 Å². The van der Waals surface area contributed by atoms with Crippen LogP contribution in [0.3, 0.4) is 0 Å². The molecule has 3 rings (SSSR count). The van der Waals surface area contributed by atoms with Crippen molar-refractivity contribution in [1.82, 2.24) is 19.8 Å². The van der Waals surface area contributed by atoms with E-state index in [2.05, 4.69) is 15.3 Å². The number of ether oxygens (including phenoxy) is 1. The summed E-state index contributed by atoms with van der Waals surface area (Å²) in [6.45, 7) is 0. The van der Waals surface area contributed by atoms with Gasteiger partial charge in [-0.3, -0.25) is 0 Å². The summed E-state index contributed by atoms with van der Waals surface area (Å²) in [6.07, 6.45) is -2.71. The summed E-state index contributed by atoms with van der Waals surface area (Å²) in [5, 5.41) is 11.8. The molecular weight excluding hydrogens is 298 g/mol. The highest BCUT2D eigenvalue weighted by molar-refractivity contribution is 7.99. The molecule has 1 aromatic carbocycles. The van der Waals surface area contributed by atoms with Gasteiger partial charge in [0.25, 0.3) is 6.43 Å². The molecule has 21 heavy (non-hydrogen) atoms. The Kier molecular flexibility index (Phi) is 3.70. The molecule has 0 amide bonds. The van der Waals surface area contributed by atoms with Crippen LogP contribution in [0, 0.1) is 0 Å². The van der Waals surface area contributed by atoms with Crippen molar-refractivity contribution in [3.05, 3.63) is 42.2 Å². The maximum absolute atomic E-state index is 12.8. The van der Waals surface area contributed by atoms with Crippen molar-refractivity contribution in [2.45, 2.75) is 16.3 Å². The Labute approximate surface area is 123 Å². The predicted octanol–water partition coefficient (Wildman–Crippen LogP) is 3.22. The summed E-state index contributed by atoms with van der Waals surface area (Å²) in [4.78, 5) is 0.925. The molecule has 108 valence electrons. The van der Waals surface area contributed by atoms with E-state index in [0.29, 0.717) is 10.7 Å². The van der Waals surface area contributed by atoms with E-state index >= 15 is 0 Å². The molecule has 0 spiro atoms. The lowest BCUT2D eigenvalue weighted by Crippen LogP contribution is -2.00. The average Bonchev–Trinajstić information content (AvgIpc) is 2.91. The number of benzene rings is 1. The first-order valence-electron chi connectivity index (χ1n) is 6.00. The lowest BCUT2D eigenvalue weighted by atomic mass is 10.3. The van der Waals surface area contributed by atoms with Crippen LogP contribution in [-0.2, 0) is 0 Å². The van der Waals surface area contributed by atoms with Gasteiger partial charge in [0.15, 0.2) is 5.65 Å². The van der Waals surface area contributed by atoms with E-state index in [1.807, 2.05) is 24.3 Å². The van der Waals surface area contributed by atoms with Gasteiger partial charge in [-0.1, -0.05) is 11.8 Å². The third-order valence-corrected chi connectivity index (χ3v) is 3.67. The molecular formula is C13H10F2N4OS. The van der Waals surface area contributed by atoms with Crippen LogP contribution in [0.4, 0.5) is 8.78 Å². The predicted molar refractivity (Wildman–Crippen MR) is 72.9 cm³/mol. The van der Waals surface area contributed by atoms with Gasteiger partial charge in [0, 0.05) is 4.90 Å². The molecule has 0 atom stereocenters. The van der Waals surface area contributed by atoms with Crippen molar-refractivity contribution in [1.29, 1.82) is 0 Å². The molecule has 2 aromatic heterocycles. The van der Waals surface area contributed by atoms with Crippen LogP contribution in [0.15, 0.2) is 46.3 Å². The second-order valence-corrected chi connectivity index (χ2v) is 5.17. The van der Waals surface area contributed by atoms with Crippen LogP contribution in [-0.4, -0.2) is 26.9 Å². The van der Waals surface area contributed by atoms with Crippen LogP contribution in [0.25, 0.3) is 5.65 Å². The zero-order valence-corrected chi connectivity index (χ0v) is 11.7. The normalized spacial score (nSPS) is 11.2. The quantitative estimate of drug-likeness (QED) is 0.740. The van der Waals surface area contributed by atoms with Crippen molar-refractivity contribution in [3.63, 3.8) is 0 Å². The standard InChI is InChI=1S/C13H10F2N4OS/c1-20-8-2-4-9(5-3-8)21-11-7-6-10-16-17-13(12(14)15)19(10)18-11/h2-7,12H,1H3. The highest BCUT2D eigenvalue weighted by Gasteiger charge is 2.17. The van der Waals surface area contributed by atoms with Gasteiger partial charge >= 0.3 is 0 Å². The van der Waals surface area contributed by atoms with E-state index in [4.69, 9.17) is 4.74 Å². The molecule has 0 unspecified atom stereocenters. The highest BCUT2D eigenvalue weighted by atomic mass is 32.2. The highest BCUT2D eigenvalue weighted by Crippen LogP contribution is 2.28. The Morgan fingerprint density at radius 3 is 2.52 bits per heavy atom. The first kappa shape index (κ1) is 13.7. The number of aromatic nitrogens is 4. The third kappa shape index (κ3) is 2.80. The van der Waals surface area contributed by atoms with E-state index in [-0.39, 0.29) is 0 Å². The lowest BCUT2D eigenvalue weighted by molar-refractivity contribution is 0.137. The topological polar surface area (TPSA) is 52.3 Å². The molecule has 0 aliphatic heterocycles. The maximum Gasteiger partial charge on any atom is 0.299 e. The molecule has 0 bridgehead atoms. The smallest absolute Gasteiger partial charge is 0.299 e. The van der Waals surface area contributed by atoms with Crippen LogP contribution in [0.1, 0.15) is 12.2 Å². The average molecular weight is 308 g/mol. The van der Waals surface area contributed by atoms with Crippen LogP contribution < -0.4 is 4.74 Å². The van der Waals surface area contributed by atoms with Gasteiger partial charge in [-0.2, -0.15) is 9.61 Å². The summed E-state index contributed by atoms with van der Waals surface area (Å²) >= 11 is 1.36. The fraction of sp³-hybridized carbons (Fsp3) is 0.154. The molecule has 0 saturated carbocycles. The summed E-state index contributed by atoms with van der Waals surface area (Å²) < 4.78 is 31.7. The number of alkyl halides is 2. The first-order valence-corrected chi connectivity index (χ1v) is 6.81. The van der Waals surface area contributed by atoms with E-state index in [1.54, 1.807) is 19.2 Å². The monoisotopic (exact) mass is 308 g/mol. The molecule has 0 radical (unpaired) electrons. The Morgan fingerprint density at radius 1 is 1.10 bits per heavy atom. The number of hydrogen-bond acceptors (Lipinski definition) is 5. The number of fused-ring (bicyclic) bond motifs is 1. The molecule has 3 aromatic rings. The van der Waals surface area contributed by atoms with Gasteiger partial charge in [-0.05, 0) is 36.4 Å². The third-order valence-electron chi connectivity index (χ3n) is 2.74. The molecule has 8 heteroatoms. The van der Waals surface area contributed by atoms with Crippen LogP contribution in [0.5, 0.6) is 5.75 Å². The van der Waals surface area contributed by atoms with Crippen molar-refractivity contribution in [2.24, 2.45) is 0 Å². The molecule has 2 heterocycles. The van der Waals surface area contributed by atoms with Crippen molar-refractivity contribution in [2.75, 3.05) is 7.11 Å². The van der Waals surface area contributed by atoms with Crippen LogP contribution >= 0.6 is 11.8 Å². The van der Waals surface area contributed by atoms with Gasteiger partial charge in [0.1, 0.15) is 10.8 Å². The maximum atomic E-state index is 12.8. The van der Waals surface area contributed by atoms with Gasteiger partial charge in [0.2, 0.25) is 5.82 Å². The second-order valence-electron chi connectivity index (χ2n) is 4.08. The number of methoxy groups -OCH3 is 1. The number of halogens is 2. The number of nitrogens with zero attached hydrogens (tertiary/aromatic N) is 4. The van der Waals surface area contributed by atoms with Gasteiger partial charge < -0.3 is 4.74 Å². The molecule has 0 saturated heterocycles. The SMILES string of the molecule is COc1ccc(Sc2ccc3nnc(C(F)F)n3n2)cc1. The molecule has 0 aliphatic rings. The van der Waals surface area contributed by atoms with E-state index < -0.39 is 12.2 Å². The van der Waals surface area contributed by atoms with E-state index in [9.17, 15) is 8.78 Å². The lowest BCUT2D eigenvalue weighted by Gasteiger charge is -2.04. The summed E-state index contributed by atoms with van der Waals surface area (Å²) in [5.74, 6) is 0.295. The number of rotatable bonds is 4. The zero-order chi connectivity index (χ0) is 14.8. The minimum atomic E-state index is -2.71. The Bertz CT molecular complexity index is 760. The van der Waals surface area contributed by atoms with Crippen molar-refractivity contribution in [3.8, 4) is 5.75 Å². The second kappa shape index (κ2) is 5.65. The first-order chi connectivity index (χ1) is 10.2. The summed E-state index contributed by atoms with van der Waals surface area (Å²) in [5.41, 5.74) is 0.296. The van der Waals surface area contributed by atoms with Gasteiger partial charge in [0.05, 0.1) is 7.11 Å². The Balaban J connectivity index is 1.91. The minimum absolute atomic E-state index is 0.296. The molecule has 0 aliphatic carbocycles. The molecule has 5 nitrogen and oxygen atoms in total. The fourth-order valence-electron chi connectivity index (χ4n) is 1.74. The van der Waals surface area contributed by atoms with E-state index in [1.165, 1.54) is 11.8 Å². The molecule has 0 N–H and O–H groups in total. The largest absolute Gasteiger partial charge is 0.497 e. The Morgan fingerprint density at radius 2 is 1.86 bits per heavy atom. The molecule has 0 fully saturated rings. The summed E-state index contributed by atoms with van der Waals surface area (Å²) in [7, 11) is 1.59. The zero-order valence-electron chi connectivity index (χ0n) is 10.9. The minimum Gasteiger partial charge on any atom is -0.497 e. The van der Waals surface area contributed by atoms with Crippen LogP contribution in [0.2, 0.25) is 0 Å². The fourth-order valence-corrected chi connectivity index (χ4v) is 2.52. The van der Waals surface area contributed by atoms with Crippen molar-refractivity contribution >= 4 is 17.4 Å². The number of hydrogen-bond donors (Lipinski definition) is 0. The van der Waals surface area contributed by atoms with E-state index in [0.717, 1.165) is 15.2 Å². The Hall–Kier alpha value is -2.22. The van der Waals surface area contributed by atoms with Crippen molar-refractivity contribution < 1.29 is 13.5 Å². The van der Waals surface area contributed by atoms with Gasteiger partial charge in [-0.25, -0.2) is 8.78 Å².